The van der Waals surface area contributed by atoms with Gasteiger partial charge in [0, 0.05) is 61.3 Å². The van der Waals surface area contributed by atoms with E-state index in [2.05, 4.69) is 237 Å². The van der Waals surface area contributed by atoms with Gasteiger partial charge in [-0.25, -0.2) is 4.98 Å². The largest absolute Gasteiger partial charge is 0.509 e. The van der Waals surface area contributed by atoms with E-state index >= 15 is 0 Å². The molecule has 5 nitrogen and oxygen atoms in total. The van der Waals surface area contributed by atoms with E-state index in [4.69, 9.17) is 9.72 Å². The predicted molar refractivity (Wildman–Crippen MR) is 259 cm³/mol. The van der Waals surface area contributed by atoms with Crippen molar-refractivity contribution in [2.45, 2.75) is 97.8 Å². The summed E-state index contributed by atoms with van der Waals surface area (Å²) >= 11 is 0. The second kappa shape index (κ2) is 16.2. The van der Waals surface area contributed by atoms with Crippen LogP contribution < -0.4 is 14.5 Å². The Balaban J connectivity index is 0.00000544. The first-order valence-corrected chi connectivity index (χ1v) is 21.8. The maximum atomic E-state index is 6.95. The van der Waals surface area contributed by atoms with Gasteiger partial charge in [0.1, 0.15) is 5.82 Å². The van der Waals surface area contributed by atoms with Gasteiger partial charge in [-0.3, -0.25) is 0 Å². The smallest absolute Gasteiger partial charge is 0.135 e. The molecular weight excluding hydrogens is 952 g/mol. The summed E-state index contributed by atoms with van der Waals surface area (Å²) in [6.07, 6.45) is 1.92. The Morgan fingerprint density at radius 3 is 1.84 bits per heavy atom. The average Bonchev–Trinajstić information content (AvgIpc) is 3.79. The predicted octanol–water partition coefficient (Wildman–Crippen LogP) is 15.2. The SMILES string of the molecule is CC(C)(C)c1cccc(N2[CH-]N(c3[c-]c(Oc4[c-]c5c(cc4)c4cc(C(C)(C)C)ccc4n5-c4cc(C(C)(C)C)ccn4)cc(C(C)(C)c4ccccc4)c3)c3ccccc32)c1.[Pt]. The van der Waals surface area contributed by atoms with Gasteiger partial charge in [0.05, 0.1) is 0 Å². The molecule has 0 bridgehead atoms. The van der Waals surface area contributed by atoms with Crippen molar-refractivity contribution in [1.82, 2.24) is 9.55 Å². The second-order valence-corrected chi connectivity index (χ2v) is 20.4. The Morgan fingerprint density at radius 2 is 1.14 bits per heavy atom. The van der Waals surface area contributed by atoms with E-state index in [-0.39, 0.29) is 42.7 Å². The van der Waals surface area contributed by atoms with Crippen molar-refractivity contribution in [3.63, 3.8) is 0 Å². The molecule has 6 aromatic carbocycles. The van der Waals surface area contributed by atoms with Crippen LogP contribution in [0.2, 0.25) is 0 Å². The third-order valence-electron chi connectivity index (χ3n) is 12.5. The van der Waals surface area contributed by atoms with Gasteiger partial charge in [0.25, 0.3) is 0 Å². The molecule has 3 heterocycles. The van der Waals surface area contributed by atoms with E-state index in [0.717, 1.165) is 50.6 Å². The molecular formula is C57H57N4OPt-3. The van der Waals surface area contributed by atoms with Gasteiger partial charge >= 0.3 is 0 Å². The maximum Gasteiger partial charge on any atom is 0.135 e. The minimum atomic E-state index is -0.349. The normalized spacial score (nSPS) is 13.4. The molecule has 0 amide bonds. The summed E-state index contributed by atoms with van der Waals surface area (Å²) in [7, 11) is 0. The van der Waals surface area contributed by atoms with Gasteiger partial charge in [0.2, 0.25) is 0 Å². The van der Waals surface area contributed by atoms with Crippen LogP contribution in [0.3, 0.4) is 0 Å². The number of fused-ring (bicyclic) bond motifs is 4. The minimum Gasteiger partial charge on any atom is -0.509 e. The molecule has 63 heavy (non-hydrogen) atoms. The number of anilines is 4. The Bertz CT molecular complexity index is 2960. The van der Waals surface area contributed by atoms with Crippen LogP contribution in [0.4, 0.5) is 22.7 Å². The van der Waals surface area contributed by atoms with Crippen LogP contribution in [0.25, 0.3) is 27.6 Å². The summed E-state index contributed by atoms with van der Waals surface area (Å²) in [6, 6.07) is 55.3. The molecule has 0 radical (unpaired) electrons. The topological polar surface area (TPSA) is 33.5 Å². The molecule has 8 aromatic rings. The van der Waals surface area contributed by atoms with Crippen LogP contribution in [0.15, 0.2) is 140 Å². The number of rotatable bonds is 7. The first-order chi connectivity index (χ1) is 29.4. The van der Waals surface area contributed by atoms with E-state index in [9.17, 15) is 0 Å². The van der Waals surface area contributed by atoms with Crippen LogP contribution in [-0.2, 0) is 42.7 Å². The van der Waals surface area contributed by atoms with Crippen LogP contribution in [0.1, 0.15) is 104 Å². The molecule has 0 aliphatic carbocycles. The zero-order valence-corrected chi connectivity index (χ0v) is 40.6. The van der Waals surface area contributed by atoms with E-state index in [0.29, 0.717) is 11.5 Å². The fourth-order valence-corrected chi connectivity index (χ4v) is 8.54. The standard InChI is InChI=1S/C57H57N4O.Pt/c1-54(2,3)39-20-17-21-43(30-39)59-37-60(51-23-16-15-22-50(51)59)44-31-42(57(10,11)38-18-13-12-14-19-38)32-46(35-44)62-45-25-26-47-48-33-40(55(4,5)6)24-27-49(48)61(52(47)36-45)53-34-41(28-29-58-53)56(7,8)9;/h12-34,37H,1-11H3;/q-3;. The molecule has 324 valence electrons. The Labute approximate surface area is 389 Å². The third kappa shape index (κ3) is 8.33. The molecule has 1 aliphatic heterocycles. The first-order valence-electron chi connectivity index (χ1n) is 21.8. The van der Waals surface area contributed by atoms with Crippen LogP contribution in [0.5, 0.6) is 11.5 Å². The summed E-state index contributed by atoms with van der Waals surface area (Å²) in [4.78, 5) is 9.47. The molecule has 0 fully saturated rings. The molecule has 9 rings (SSSR count). The van der Waals surface area contributed by atoms with Crippen LogP contribution in [0, 0.1) is 18.8 Å². The van der Waals surface area contributed by atoms with Gasteiger partial charge in [-0.15, -0.1) is 53.6 Å². The summed E-state index contributed by atoms with van der Waals surface area (Å²) in [5, 5.41) is 2.27. The van der Waals surface area contributed by atoms with Crippen molar-refractivity contribution in [2.75, 3.05) is 9.80 Å². The molecule has 6 heteroatoms. The van der Waals surface area contributed by atoms with Crippen molar-refractivity contribution in [3.8, 4) is 17.3 Å². The van der Waals surface area contributed by atoms with Gasteiger partial charge < -0.3 is 19.1 Å². The number of aromatic nitrogens is 2. The first kappa shape index (κ1) is 44.0. The summed E-state index contributed by atoms with van der Waals surface area (Å²) < 4.78 is 9.19. The van der Waals surface area contributed by atoms with Gasteiger partial charge in [-0.1, -0.05) is 148 Å². The third-order valence-corrected chi connectivity index (χ3v) is 12.5. The maximum absolute atomic E-state index is 6.95. The van der Waals surface area contributed by atoms with Gasteiger partial charge in [-0.2, -0.15) is 6.07 Å². The average molecular weight is 1010 g/mol. The number of hydrogen-bond donors (Lipinski definition) is 0. The zero-order valence-electron chi connectivity index (χ0n) is 38.4. The van der Waals surface area contributed by atoms with Crippen LogP contribution in [-0.4, -0.2) is 9.55 Å². The minimum absolute atomic E-state index is 0. The zero-order chi connectivity index (χ0) is 43.8. The molecule has 1 aliphatic rings. The summed E-state index contributed by atoms with van der Waals surface area (Å²) in [5.74, 6) is 2.07. The Kier molecular flexibility index (Phi) is 11.3. The number of pyridine rings is 1. The van der Waals surface area contributed by atoms with Crippen molar-refractivity contribution in [1.29, 1.82) is 0 Å². The fraction of sp³-hybridized carbons (Fsp3) is 0.263. The Morgan fingerprint density at radius 1 is 0.508 bits per heavy atom. The van der Waals surface area contributed by atoms with Crippen molar-refractivity contribution < 1.29 is 25.8 Å². The van der Waals surface area contributed by atoms with Gasteiger partial charge in [0.15, 0.2) is 0 Å². The quantitative estimate of drug-likeness (QED) is 0.149. The van der Waals surface area contributed by atoms with Crippen molar-refractivity contribution in [3.05, 3.63) is 186 Å². The number of ether oxygens (including phenoxy) is 1. The van der Waals surface area contributed by atoms with Crippen molar-refractivity contribution in [2.24, 2.45) is 0 Å². The summed E-state index contributed by atoms with van der Waals surface area (Å²) in [5.41, 5.74) is 11.9. The van der Waals surface area contributed by atoms with E-state index in [1.54, 1.807) is 0 Å². The molecule has 0 saturated carbocycles. The molecule has 0 spiro atoms. The van der Waals surface area contributed by atoms with Crippen molar-refractivity contribution >= 4 is 44.6 Å². The molecule has 0 saturated heterocycles. The monoisotopic (exact) mass is 1010 g/mol. The summed E-state index contributed by atoms with van der Waals surface area (Å²) in [6.45, 7) is 27.0. The number of nitrogens with zero attached hydrogens (tertiary/aromatic N) is 4. The molecule has 0 unspecified atom stereocenters. The Hall–Kier alpha value is -5.64. The van der Waals surface area contributed by atoms with Crippen LogP contribution >= 0.6 is 0 Å². The number of para-hydroxylation sites is 2. The fourth-order valence-electron chi connectivity index (χ4n) is 8.54. The number of hydrogen-bond acceptors (Lipinski definition) is 4. The van der Waals surface area contributed by atoms with E-state index in [1.807, 2.05) is 12.3 Å². The number of benzene rings is 6. The van der Waals surface area contributed by atoms with Gasteiger partial charge in [-0.05, 0) is 91.8 Å². The molecule has 0 N–H and O–H groups in total. The second-order valence-electron chi connectivity index (χ2n) is 20.4. The molecule has 0 atom stereocenters. The van der Waals surface area contributed by atoms with E-state index in [1.165, 1.54) is 27.6 Å². The van der Waals surface area contributed by atoms with E-state index < -0.39 is 0 Å². The molecule has 2 aromatic heterocycles.